The molecule has 8 bridgehead atoms. The van der Waals surface area contributed by atoms with Crippen molar-refractivity contribution >= 4 is 0 Å². The molecule has 228 valence electrons. The van der Waals surface area contributed by atoms with Gasteiger partial charge in [0.15, 0.2) is 0 Å². The summed E-state index contributed by atoms with van der Waals surface area (Å²) in [4.78, 5) is 0. The van der Waals surface area contributed by atoms with Gasteiger partial charge in [0.05, 0.1) is 49.3 Å². The second kappa shape index (κ2) is 12.3. The molecule has 9 fully saturated rings. The van der Waals surface area contributed by atoms with Gasteiger partial charge < -0.3 is 0 Å². The van der Waals surface area contributed by atoms with E-state index in [4.69, 9.17) is 0 Å². The Kier molecular flexibility index (Phi) is 8.87. The minimum atomic E-state index is 0. The third-order valence-corrected chi connectivity index (χ3v) is 13.8. The Morgan fingerprint density at radius 1 is 0.220 bits per heavy atom. The smallest absolute Gasteiger partial charge is 0.0628 e. The molecule has 5 saturated heterocycles. The first-order chi connectivity index (χ1) is 19.8. The van der Waals surface area contributed by atoms with Crippen LogP contribution < -0.4 is 42.5 Å². The van der Waals surface area contributed by atoms with Gasteiger partial charge in [-0.2, -0.15) is 0 Å². The van der Waals surface area contributed by atoms with Crippen LogP contribution in [0, 0.1) is 89.1 Å². The standard InChI is InChI=1S/C32H56N8.Ce/c1-2-10-18-17(9-1)25-33-26(18)38-28-21-13-5-6-14-22(21)30(35-28)40-32-24-16-8-7-15-23(24)31(36-32)39-29-20-12-4-3-11-19(20)27(34-29)37-25;/h17-40H,1-16H2;. The summed E-state index contributed by atoms with van der Waals surface area (Å²) in [5.41, 5.74) is 0. The Bertz CT molecular complexity index is 716. The monoisotopic (exact) mass is 692 g/mol. The van der Waals surface area contributed by atoms with Crippen LogP contribution in [0.1, 0.15) is 103 Å². The molecule has 8 unspecified atom stereocenters. The molecule has 0 spiro atoms. The Morgan fingerprint density at radius 2 is 0.341 bits per heavy atom. The van der Waals surface area contributed by atoms with E-state index in [0.29, 0.717) is 49.3 Å². The average Bonchev–Trinajstić information content (AvgIpc) is 3.73. The van der Waals surface area contributed by atoms with Gasteiger partial charge in [-0.05, 0) is 98.7 Å². The third-order valence-electron chi connectivity index (χ3n) is 13.8. The minimum absolute atomic E-state index is 0. The number of hydrogen-bond donors (Lipinski definition) is 8. The molecule has 9 rings (SSSR count). The van der Waals surface area contributed by atoms with E-state index in [0.717, 1.165) is 47.3 Å². The zero-order chi connectivity index (χ0) is 26.2. The Hall–Kier alpha value is 1.06. The van der Waals surface area contributed by atoms with Gasteiger partial charge in [0.25, 0.3) is 0 Å². The predicted octanol–water partition coefficient (Wildman–Crippen LogP) is 2.61. The molecule has 41 heavy (non-hydrogen) atoms. The number of rotatable bonds is 0. The maximum atomic E-state index is 4.26. The first-order valence-corrected chi connectivity index (χ1v) is 17.9. The second-order valence-corrected chi connectivity index (χ2v) is 15.6. The van der Waals surface area contributed by atoms with Gasteiger partial charge in [0, 0.05) is 41.7 Å². The van der Waals surface area contributed by atoms with Gasteiger partial charge in [-0.15, -0.1) is 0 Å². The quantitative estimate of drug-likeness (QED) is 0.197. The third kappa shape index (κ3) is 5.27. The van der Waals surface area contributed by atoms with E-state index in [9.17, 15) is 0 Å². The molecule has 0 aromatic rings. The molecule has 9 heteroatoms. The summed E-state index contributed by atoms with van der Waals surface area (Å²) in [6, 6.07) is 0. The molecular weight excluding hydrogens is 637 g/mol. The summed E-state index contributed by atoms with van der Waals surface area (Å²) in [5.74, 6) is 5.97. The number of hydrogen-bond acceptors (Lipinski definition) is 8. The first-order valence-electron chi connectivity index (χ1n) is 17.9. The van der Waals surface area contributed by atoms with Crippen molar-refractivity contribution in [2.45, 2.75) is 152 Å². The van der Waals surface area contributed by atoms with Crippen LogP contribution in [0.15, 0.2) is 0 Å². The molecule has 0 aromatic heterocycles. The van der Waals surface area contributed by atoms with Crippen LogP contribution in [0.3, 0.4) is 0 Å². The van der Waals surface area contributed by atoms with E-state index in [1.54, 1.807) is 0 Å². The van der Waals surface area contributed by atoms with Crippen LogP contribution >= 0.6 is 0 Å². The molecule has 9 aliphatic rings. The van der Waals surface area contributed by atoms with Crippen LogP contribution in [0.4, 0.5) is 0 Å². The van der Waals surface area contributed by atoms with Gasteiger partial charge in [0.2, 0.25) is 0 Å². The van der Waals surface area contributed by atoms with Crippen molar-refractivity contribution in [1.82, 2.24) is 42.5 Å². The van der Waals surface area contributed by atoms with Crippen molar-refractivity contribution in [2.24, 2.45) is 47.3 Å². The van der Waals surface area contributed by atoms with Gasteiger partial charge in [-0.3, -0.25) is 42.5 Å². The van der Waals surface area contributed by atoms with E-state index in [1.165, 1.54) is 103 Å². The summed E-state index contributed by atoms with van der Waals surface area (Å²) < 4.78 is 0. The Balaban J connectivity index is 0.00000256. The Labute approximate surface area is 281 Å². The van der Waals surface area contributed by atoms with Crippen molar-refractivity contribution < 1.29 is 41.7 Å². The number of nitrogens with one attached hydrogen (secondary N) is 8. The molecule has 8 N–H and O–H groups in total. The molecule has 0 amide bonds. The molecule has 8 atom stereocenters. The minimum Gasteiger partial charge on any atom is -0.286 e. The van der Waals surface area contributed by atoms with Gasteiger partial charge >= 0.3 is 0 Å². The molecule has 5 heterocycles. The maximum absolute atomic E-state index is 4.26. The van der Waals surface area contributed by atoms with Crippen molar-refractivity contribution in [3.63, 3.8) is 0 Å². The summed E-state index contributed by atoms with van der Waals surface area (Å²) in [6.07, 6.45) is 25.6. The molecular formula is C32H56CeN8. The van der Waals surface area contributed by atoms with Crippen molar-refractivity contribution in [3.8, 4) is 0 Å². The SMILES string of the molecule is C1CCC2C3NC(NC4NC(NC5NC(NC6NC(N3)C3CCCCC63)C3CCCCC53)C3CCCCC43)C2C1.[Ce]. The largest absolute Gasteiger partial charge is 0.286 e. The van der Waals surface area contributed by atoms with E-state index < -0.39 is 0 Å². The predicted molar refractivity (Wildman–Crippen MR) is 157 cm³/mol. The summed E-state index contributed by atoms with van der Waals surface area (Å²) in [7, 11) is 0. The van der Waals surface area contributed by atoms with E-state index in [-0.39, 0.29) is 41.7 Å². The molecule has 4 aliphatic carbocycles. The van der Waals surface area contributed by atoms with Crippen LogP contribution in [0.25, 0.3) is 0 Å². The van der Waals surface area contributed by atoms with E-state index in [1.807, 2.05) is 0 Å². The van der Waals surface area contributed by atoms with Crippen molar-refractivity contribution in [2.75, 3.05) is 0 Å². The molecule has 8 nitrogen and oxygen atoms in total. The summed E-state index contributed by atoms with van der Waals surface area (Å²) >= 11 is 0. The molecule has 0 radical (unpaired) electrons. The van der Waals surface area contributed by atoms with Crippen molar-refractivity contribution in [3.05, 3.63) is 0 Å². The number of fused-ring (bicyclic) bond motifs is 20. The Morgan fingerprint density at radius 3 is 0.463 bits per heavy atom. The first kappa shape index (κ1) is 29.5. The molecule has 5 aliphatic heterocycles. The average molecular weight is 693 g/mol. The fourth-order valence-electron chi connectivity index (χ4n) is 12.0. The zero-order valence-corrected chi connectivity index (χ0v) is 28.2. The van der Waals surface area contributed by atoms with Crippen LogP contribution in [-0.4, -0.2) is 49.3 Å². The van der Waals surface area contributed by atoms with Gasteiger partial charge in [-0.1, -0.05) is 51.4 Å². The topological polar surface area (TPSA) is 96.2 Å². The molecule has 0 aromatic carbocycles. The zero-order valence-electron chi connectivity index (χ0n) is 25.1. The maximum Gasteiger partial charge on any atom is 0.0628 e. The van der Waals surface area contributed by atoms with Gasteiger partial charge in [-0.25, -0.2) is 0 Å². The molecule has 4 saturated carbocycles. The van der Waals surface area contributed by atoms with Crippen LogP contribution in [-0.2, 0) is 0 Å². The van der Waals surface area contributed by atoms with E-state index >= 15 is 0 Å². The van der Waals surface area contributed by atoms with Crippen LogP contribution in [0.2, 0.25) is 0 Å². The van der Waals surface area contributed by atoms with E-state index in [2.05, 4.69) is 42.5 Å². The van der Waals surface area contributed by atoms with Gasteiger partial charge in [0.1, 0.15) is 0 Å². The normalized spacial score (nSPS) is 56.2. The fraction of sp³-hybridized carbons (Fsp3) is 1.00. The van der Waals surface area contributed by atoms with Crippen LogP contribution in [0.5, 0.6) is 0 Å². The summed E-state index contributed by atoms with van der Waals surface area (Å²) in [5, 5.41) is 33.8. The fourth-order valence-corrected chi connectivity index (χ4v) is 12.0. The second-order valence-electron chi connectivity index (χ2n) is 15.6. The van der Waals surface area contributed by atoms with Crippen molar-refractivity contribution in [1.29, 1.82) is 0 Å². The summed E-state index contributed by atoms with van der Waals surface area (Å²) in [6.45, 7) is 0.